The van der Waals surface area contributed by atoms with Gasteiger partial charge in [-0.05, 0) is 44.2 Å². The summed E-state index contributed by atoms with van der Waals surface area (Å²) in [6.45, 7) is 4.47. The van der Waals surface area contributed by atoms with Crippen molar-refractivity contribution in [1.82, 2.24) is 4.90 Å². The molecule has 108 valence electrons. The first-order chi connectivity index (χ1) is 9.56. The van der Waals surface area contributed by atoms with Crippen LogP contribution in [0, 0.1) is 13.8 Å². The number of carbonyl (C=O) groups excluding carboxylic acids is 2. The van der Waals surface area contributed by atoms with Gasteiger partial charge in [-0.3, -0.25) is 4.79 Å². The number of likely N-dealkylation sites (tertiary alicyclic amines) is 1. The van der Waals surface area contributed by atoms with Crippen LogP contribution in [-0.4, -0.2) is 36.5 Å². The molecule has 1 saturated heterocycles. The highest BCUT2D eigenvalue weighted by Crippen LogP contribution is 2.23. The Balaban J connectivity index is 2.33. The summed E-state index contributed by atoms with van der Waals surface area (Å²) in [6, 6.07) is 5.35. The molecule has 1 atom stereocenters. The van der Waals surface area contributed by atoms with Gasteiger partial charge in [0.1, 0.15) is 6.04 Å². The normalized spacial score (nSPS) is 18.8. The van der Waals surface area contributed by atoms with E-state index in [2.05, 4.69) is 0 Å². The third-order valence-electron chi connectivity index (χ3n) is 3.93. The van der Waals surface area contributed by atoms with Crippen LogP contribution in [0.4, 0.5) is 0 Å². The highest BCUT2D eigenvalue weighted by molar-refractivity contribution is 5.99. The first-order valence-corrected chi connectivity index (χ1v) is 7.01. The van der Waals surface area contributed by atoms with E-state index in [1.165, 1.54) is 7.11 Å². The van der Waals surface area contributed by atoms with Crippen LogP contribution >= 0.6 is 0 Å². The molecule has 0 radical (unpaired) electrons. The molecule has 0 N–H and O–H groups in total. The molecule has 4 nitrogen and oxygen atoms in total. The maximum Gasteiger partial charge on any atom is 0.328 e. The lowest BCUT2D eigenvalue weighted by molar-refractivity contribution is -0.147. The fourth-order valence-corrected chi connectivity index (χ4v) is 2.85. The number of piperidine rings is 1. The third kappa shape index (κ3) is 2.69. The maximum atomic E-state index is 12.8. The molecule has 20 heavy (non-hydrogen) atoms. The number of carbonyl (C=O) groups is 2. The Labute approximate surface area is 119 Å². The van der Waals surface area contributed by atoms with Gasteiger partial charge >= 0.3 is 5.97 Å². The minimum atomic E-state index is -0.444. The van der Waals surface area contributed by atoms with Crippen molar-refractivity contribution in [3.8, 4) is 0 Å². The van der Waals surface area contributed by atoms with Crippen molar-refractivity contribution < 1.29 is 14.3 Å². The lowest BCUT2D eigenvalue weighted by Gasteiger charge is -2.34. The standard InChI is InChI=1S/C16H21NO3/c1-11-7-6-8-12(2)14(11)15(18)17-10-5-4-9-13(17)16(19)20-3/h6-8,13H,4-5,9-10H2,1-3H3/t13-/m1/s1. The van der Waals surface area contributed by atoms with Gasteiger partial charge in [0, 0.05) is 12.1 Å². The summed E-state index contributed by atoms with van der Waals surface area (Å²) in [7, 11) is 1.37. The van der Waals surface area contributed by atoms with Gasteiger partial charge in [-0.15, -0.1) is 0 Å². The first-order valence-electron chi connectivity index (χ1n) is 7.01. The number of nitrogens with zero attached hydrogens (tertiary/aromatic N) is 1. The van der Waals surface area contributed by atoms with Crippen molar-refractivity contribution in [3.63, 3.8) is 0 Å². The number of hydrogen-bond acceptors (Lipinski definition) is 3. The smallest absolute Gasteiger partial charge is 0.328 e. The van der Waals surface area contributed by atoms with Gasteiger partial charge in [-0.25, -0.2) is 4.79 Å². The predicted molar refractivity (Wildman–Crippen MR) is 76.6 cm³/mol. The van der Waals surface area contributed by atoms with Crippen molar-refractivity contribution in [2.45, 2.75) is 39.2 Å². The average Bonchev–Trinajstić information content (AvgIpc) is 2.46. The second kappa shape index (κ2) is 6.07. The van der Waals surface area contributed by atoms with Crippen molar-refractivity contribution in [3.05, 3.63) is 34.9 Å². The minimum absolute atomic E-state index is 0.0595. The van der Waals surface area contributed by atoms with E-state index in [9.17, 15) is 9.59 Å². The molecule has 1 amide bonds. The Bertz CT molecular complexity index is 504. The van der Waals surface area contributed by atoms with E-state index in [1.54, 1.807) is 4.90 Å². The Morgan fingerprint density at radius 3 is 2.45 bits per heavy atom. The molecule has 1 aliphatic heterocycles. The number of ether oxygens (including phenoxy) is 1. The molecular formula is C16H21NO3. The summed E-state index contributed by atoms with van der Waals surface area (Å²) in [4.78, 5) is 26.3. The Kier molecular flexibility index (Phi) is 4.42. The average molecular weight is 275 g/mol. The number of aryl methyl sites for hydroxylation is 2. The SMILES string of the molecule is COC(=O)[C@H]1CCCCN1C(=O)c1c(C)cccc1C. The van der Waals surface area contributed by atoms with Gasteiger partial charge in [0.2, 0.25) is 0 Å². The zero-order valence-electron chi connectivity index (χ0n) is 12.3. The minimum Gasteiger partial charge on any atom is -0.467 e. The Morgan fingerprint density at radius 2 is 1.85 bits per heavy atom. The molecule has 0 saturated carbocycles. The van der Waals surface area contributed by atoms with Crippen molar-refractivity contribution in [2.24, 2.45) is 0 Å². The van der Waals surface area contributed by atoms with E-state index in [4.69, 9.17) is 4.74 Å². The van der Waals surface area contributed by atoms with Gasteiger partial charge in [-0.2, -0.15) is 0 Å². The maximum absolute atomic E-state index is 12.8. The fraction of sp³-hybridized carbons (Fsp3) is 0.500. The molecular weight excluding hydrogens is 254 g/mol. The zero-order chi connectivity index (χ0) is 14.7. The number of esters is 1. The van der Waals surface area contributed by atoms with Gasteiger partial charge in [0.05, 0.1) is 7.11 Å². The van der Waals surface area contributed by atoms with Crippen LogP contribution in [0.2, 0.25) is 0 Å². The number of methoxy groups -OCH3 is 1. The second-order valence-electron chi connectivity index (χ2n) is 5.30. The number of rotatable bonds is 2. The second-order valence-corrected chi connectivity index (χ2v) is 5.30. The monoisotopic (exact) mass is 275 g/mol. The summed E-state index contributed by atoms with van der Waals surface area (Å²) in [5.41, 5.74) is 2.61. The van der Waals surface area contributed by atoms with Crippen molar-refractivity contribution in [2.75, 3.05) is 13.7 Å². The molecule has 4 heteroatoms. The van der Waals surface area contributed by atoms with E-state index < -0.39 is 6.04 Å². The van der Waals surface area contributed by atoms with E-state index >= 15 is 0 Å². The van der Waals surface area contributed by atoms with Crippen LogP contribution in [0.25, 0.3) is 0 Å². The molecule has 0 unspecified atom stereocenters. The molecule has 2 rings (SSSR count). The highest BCUT2D eigenvalue weighted by atomic mass is 16.5. The van der Waals surface area contributed by atoms with Gasteiger partial charge in [0.15, 0.2) is 0 Å². The lowest BCUT2D eigenvalue weighted by atomic mass is 9.97. The van der Waals surface area contributed by atoms with Crippen molar-refractivity contribution >= 4 is 11.9 Å². The fourth-order valence-electron chi connectivity index (χ4n) is 2.85. The van der Waals surface area contributed by atoms with Crippen molar-refractivity contribution in [1.29, 1.82) is 0 Å². The molecule has 0 aliphatic carbocycles. The number of amides is 1. The topological polar surface area (TPSA) is 46.6 Å². The molecule has 1 fully saturated rings. The molecule has 0 bridgehead atoms. The summed E-state index contributed by atoms with van der Waals surface area (Å²) in [6.07, 6.45) is 2.57. The zero-order valence-corrected chi connectivity index (χ0v) is 12.3. The third-order valence-corrected chi connectivity index (χ3v) is 3.93. The molecule has 1 heterocycles. The molecule has 0 spiro atoms. The molecule has 1 aliphatic rings. The molecule has 1 aromatic rings. The lowest BCUT2D eigenvalue weighted by Crippen LogP contribution is -2.48. The van der Waals surface area contributed by atoms with Crippen LogP contribution in [0.3, 0.4) is 0 Å². The highest BCUT2D eigenvalue weighted by Gasteiger charge is 2.34. The Hall–Kier alpha value is -1.84. The number of hydrogen-bond donors (Lipinski definition) is 0. The summed E-state index contributed by atoms with van der Waals surface area (Å²) < 4.78 is 4.83. The molecule has 1 aromatic carbocycles. The summed E-state index contributed by atoms with van der Waals surface area (Å²) in [5, 5.41) is 0. The van der Waals surface area contributed by atoms with Crippen LogP contribution in [0.5, 0.6) is 0 Å². The van der Waals surface area contributed by atoms with E-state index in [1.807, 2.05) is 32.0 Å². The first kappa shape index (κ1) is 14.6. The van der Waals surface area contributed by atoms with Gasteiger partial charge < -0.3 is 9.64 Å². The predicted octanol–water partition coefficient (Wildman–Crippen LogP) is 2.47. The van der Waals surface area contributed by atoms with E-state index in [0.717, 1.165) is 24.0 Å². The Morgan fingerprint density at radius 1 is 1.20 bits per heavy atom. The largest absolute Gasteiger partial charge is 0.467 e. The van der Waals surface area contributed by atoms with Crippen LogP contribution < -0.4 is 0 Å². The van der Waals surface area contributed by atoms with E-state index in [-0.39, 0.29) is 11.9 Å². The van der Waals surface area contributed by atoms with Gasteiger partial charge in [0.25, 0.3) is 5.91 Å². The summed E-state index contributed by atoms with van der Waals surface area (Å²) in [5.74, 6) is -0.375. The van der Waals surface area contributed by atoms with Crippen LogP contribution in [0.15, 0.2) is 18.2 Å². The quantitative estimate of drug-likeness (QED) is 0.779. The molecule has 0 aromatic heterocycles. The van der Waals surface area contributed by atoms with Gasteiger partial charge in [-0.1, -0.05) is 18.2 Å². The summed E-state index contributed by atoms with van der Waals surface area (Å²) >= 11 is 0. The van der Waals surface area contributed by atoms with E-state index in [0.29, 0.717) is 18.5 Å². The van der Waals surface area contributed by atoms with Crippen LogP contribution in [-0.2, 0) is 9.53 Å². The van der Waals surface area contributed by atoms with Crippen LogP contribution in [0.1, 0.15) is 40.7 Å². The number of benzene rings is 1.